The molecule has 6 nitrogen and oxygen atoms in total. The molecule has 2 rings (SSSR count). The van der Waals surface area contributed by atoms with Crippen molar-refractivity contribution >= 4 is 6.09 Å². The number of carbonyl (C=O) groups is 1. The number of ether oxygens (including phenoxy) is 1. The number of piperazine rings is 1. The van der Waals surface area contributed by atoms with Crippen LogP contribution in [0.5, 0.6) is 5.75 Å². The van der Waals surface area contributed by atoms with E-state index in [1.807, 2.05) is 32.9 Å². The molecule has 0 radical (unpaired) electrons. The molecule has 0 aliphatic carbocycles. The fourth-order valence-electron chi connectivity index (χ4n) is 2.68. The maximum Gasteiger partial charge on any atom is 0.408 e. The van der Waals surface area contributed by atoms with Gasteiger partial charge < -0.3 is 20.1 Å². The minimum atomic E-state index is -0.530. The monoisotopic (exact) mass is 335 g/mol. The minimum Gasteiger partial charge on any atom is -0.508 e. The molecule has 0 aromatic heterocycles. The minimum absolute atomic E-state index is 0.177. The van der Waals surface area contributed by atoms with Gasteiger partial charge in [-0.3, -0.25) is 4.90 Å². The van der Waals surface area contributed by atoms with Crippen LogP contribution >= 0.6 is 0 Å². The first-order chi connectivity index (χ1) is 11.2. The number of nitrogens with one attached hydrogen (secondary N) is 1. The lowest BCUT2D eigenvalue weighted by Crippen LogP contribution is -2.48. The van der Waals surface area contributed by atoms with Crippen LogP contribution < -0.4 is 5.32 Å². The van der Waals surface area contributed by atoms with E-state index in [9.17, 15) is 9.90 Å². The molecule has 1 atom stereocenters. The smallest absolute Gasteiger partial charge is 0.408 e. The zero-order valence-corrected chi connectivity index (χ0v) is 15.1. The summed E-state index contributed by atoms with van der Waals surface area (Å²) in [6.07, 6.45) is -0.422. The van der Waals surface area contributed by atoms with Crippen molar-refractivity contribution < 1.29 is 14.6 Å². The van der Waals surface area contributed by atoms with Crippen LogP contribution in [0.15, 0.2) is 24.3 Å². The van der Waals surface area contributed by atoms with E-state index in [0.29, 0.717) is 0 Å². The number of hydrogen-bond acceptors (Lipinski definition) is 5. The molecule has 1 amide bonds. The number of phenolic OH excluding ortho intramolecular Hbond substituents is 1. The van der Waals surface area contributed by atoms with Gasteiger partial charge in [-0.25, -0.2) is 4.79 Å². The Morgan fingerprint density at radius 1 is 1.21 bits per heavy atom. The second kappa shape index (κ2) is 7.85. The standard InChI is InChI=1S/C18H29N3O3/c1-18(2,3)24-17(23)19-16(14-5-7-15(22)8-6-14)13-21-11-9-20(4)10-12-21/h5-8,16,22H,9-13H2,1-4H3,(H,19,23). The van der Waals surface area contributed by atoms with Crippen LogP contribution in [0, 0.1) is 0 Å². The Balaban J connectivity index is 2.06. The van der Waals surface area contributed by atoms with E-state index in [1.54, 1.807) is 12.1 Å². The van der Waals surface area contributed by atoms with E-state index in [2.05, 4.69) is 22.2 Å². The zero-order chi connectivity index (χ0) is 17.7. The SMILES string of the molecule is CN1CCN(CC(NC(=O)OC(C)(C)C)c2ccc(O)cc2)CC1. The van der Waals surface area contributed by atoms with Gasteiger partial charge in [0.2, 0.25) is 0 Å². The molecule has 1 saturated heterocycles. The Labute approximate surface area is 144 Å². The lowest BCUT2D eigenvalue weighted by molar-refractivity contribution is 0.0481. The van der Waals surface area contributed by atoms with Crippen molar-refractivity contribution in [1.29, 1.82) is 0 Å². The Kier molecular flexibility index (Phi) is 6.07. The molecule has 1 aromatic carbocycles. The number of likely N-dealkylation sites (N-methyl/N-ethyl adjacent to an activating group) is 1. The van der Waals surface area contributed by atoms with E-state index in [-0.39, 0.29) is 11.8 Å². The van der Waals surface area contributed by atoms with Gasteiger partial charge >= 0.3 is 6.09 Å². The maximum atomic E-state index is 12.2. The third-order valence-electron chi connectivity index (χ3n) is 4.02. The molecule has 24 heavy (non-hydrogen) atoms. The summed E-state index contributed by atoms with van der Waals surface area (Å²) < 4.78 is 5.39. The van der Waals surface area contributed by atoms with Crippen molar-refractivity contribution in [2.75, 3.05) is 39.8 Å². The predicted octanol–water partition coefficient (Wildman–Crippen LogP) is 2.21. The van der Waals surface area contributed by atoms with Crippen molar-refractivity contribution in [1.82, 2.24) is 15.1 Å². The normalized spacial score (nSPS) is 18.2. The van der Waals surface area contributed by atoms with Gasteiger partial charge in [0.15, 0.2) is 0 Å². The molecule has 0 spiro atoms. The molecule has 1 heterocycles. The lowest BCUT2D eigenvalue weighted by atomic mass is 10.1. The van der Waals surface area contributed by atoms with Crippen molar-refractivity contribution in [2.45, 2.75) is 32.4 Å². The van der Waals surface area contributed by atoms with Gasteiger partial charge in [-0.2, -0.15) is 0 Å². The summed E-state index contributed by atoms with van der Waals surface area (Å²) in [6.45, 7) is 10.3. The number of hydrogen-bond donors (Lipinski definition) is 2. The van der Waals surface area contributed by atoms with Crippen molar-refractivity contribution in [2.24, 2.45) is 0 Å². The van der Waals surface area contributed by atoms with Crippen LogP contribution in [0.2, 0.25) is 0 Å². The maximum absolute atomic E-state index is 12.2. The number of aromatic hydroxyl groups is 1. The Hall–Kier alpha value is -1.79. The Morgan fingerprint density at radius 3 is 2.33 bits per heavy atom. The molecule has 2 N–H and O–H groups in total. The van der Waals surface area contributed by atoms with Crippen LogP contribution in [0.4, 0.5) is 4.79 Å². The lowest BCUT2D eigenvalue weighted by Gasteiger charge is -2.35. The van der Waals surface area contributed by atoms with E-state index < -0.39 is 11.7 Å². The van der Waals surface area contributed by atoms with E-state index in [0.717, 1.165) is 38.3 Å². The summed E-state index contributed by atoms with van der Waals surface area (Å²) in [4.78, 5) is 16.8. The summed E-state index contributed by atoms with van der Waals surface area (Å²) in [5.41, 5.74) is 0.426. The highest BCUT2D eigenvalue weighted by molar-refractivity contribution is 5.68. The summed E-state index contributed by atoms with van der Waals surface area (Å²) >= 11 is 0. The highest BCUT2D eigenvalue weighted by atomic mass is 16.6. The van der Waals surface area contributed by atoms with Crippen LogP contribution in [0.25, 0.3) is 0 Å². The van der Waals surface area contributed by atoms with Crippen LogP contribution in [0.1, 0.15) is 32.4 Å². The van der Waals surface area contributed by atoms with E-state index in [4.69, 9.17) is 4.74 Å². The molecular formula is C18H29N3O3. The number of rotatable bonds is 4. The molecule has 0 bridgehead atoms. The van der Waals surface area contributed by atoms with Gasteiger partial charge in [-0.05, 0) is 45.5 Å². The highest BCUT2D eigenvalue weighted by Crippen LogP contribution is 2.19. The van der Waals surface area contributed by atoms with Crippen molar-refractivity contribution in [3.05, 3.63) is 29.8 Å². The van der Waals surface area contributed by atoms with Crippen LogP contribution in [-0.2, 0) is 4.74 Å². The third kappa shape index (κ3) is 6.02. The Morgan fingerprint density at radius 2 is 1.79 bits per heavy atom. The molecule has 1 fully saturated rings. The van der Waals surface area contributed by atoms with E-state index in [1.165, 1.54) is 0 Å². The molecule has 1 aliphatic rings. The van der Waals surface area contributed by atoms with Crippen molar-refractivity contribution in [3.8, 4) is 5.75 Å². The highest BCUT2D eigenvalue weighted by Gasteiger charge is 2.24. The van der Waals surface area contributed by atoms with Gasteiger partial charge in [0.1, 0.15) is 11.4 Å². The summed E-state index contributed by atoms with van der Waals surface area (Å²) in [5, 5.41) is 12.5. The van der Waals surface area contributed by atoms with Crippen LogP contribution in [-0.4, -0.2) is 66.4 Å². The second-order valence-electron chi connectivity index (χ2n) is 7.39. The predicted molar refractivity (Wildman–Crippen MR) is 94.2 cm³/mol. The average Bonchev–Trinajstić information content (AvgIpc) is 2.48. The van der Waals surface area contributed by atoms with E-state index >= 15 is 0 Å². The second-order valence-corrected chi connectivity index (χ2v) is 7.39. The van der Waals surface area contributed by atoms with Crippen LogP contribution in [0.3, 0.4) is 0 Å². The molecule has 134 valence electrons. The fraction of sp³-hybridized carbons (Fsp3) is 0.611. The first-order valence-corrected chi connectivity index (χ1v) is 8.42. The molecule has 1 aliphatic heterocycles. The molecule has 6 heteroatoms. The van der Waals surface area contributed by atoms with Gasteiger partial charge in [-0.15, -0.1) is 0 Å². The number of alkyl carbamates (subject to hydrolysis) is 1. The number of amides is 1. The fourth-order valence-corrected chi connectivity index (χ4v) is 2.68. The summed E-state index contributed by atoms with van der Waals surface area (Å²) in [5.74, 6) is 0.217. The van der Waals surface area contributed by atoms with Crippen molar-refractivity contribution in [3.63, 3.8) is 0 Å². The topological polar surface area (TPSA) is 65.0 Å². The molecular weight excluding hydrogens is 306 g/mol. The molecule has 1 unspecified atom stereocenters. The third-order valence-corrected chi connectivity index (χ3v) is 4.02. The quantitative estimate of drug-likeness (QED) is 0.883. The van der Waals surface area contributed by atoms with Gasteiger partial charge in [0.25, 0.3) is 0 Å². The van der Waals surface area contributed by atoms with Gasteiger partial charge in [-0.1, -0.05) is 12.1 Å². The largest absolute Gasteiger partial charge is 0.508 e. The number of benzene rings is 1. The van der Waals surface area contributed by atoms with Gasteiger partial charge in [0.05, 0.1) is 6.04 Å². The number of carbonyl (C=O) groups excluding carboxylic acids is 1. The zero-order valence-electron chi connectivity index (χ0n) is 15.1. The Bertz CT molecular complexity index is 531. The summed E-state index contributed by atoms with van der Waals surface area (Å²) in [6, 6.07) is 6.79. The molecule has 0 saturated carbocycles. The number of phenols is 1. The first kappa shape index (κ1) is 18.5. The molecule has 1 aromatic rings. The summed E-state index contributed by atoms with van der Waals surface area (Å²) in [7, 11) is 2.12. The number of nitrogens with zero attached hydrogens (tertiary/aromatic N) is 2. The van der Waals surface area contributed by atoms with Gasteiger partial charge in [0, 0.05) is 32.7 Å². The average molecular weight is 335 g/mol. The first-order valence-electron chi connectivity index (χ1n) is 8.42.